The van der Waals surface area contributed by atoms with E-state index in [1.807, 2.05) is 18.2 Å². The minimum atomic E-state index is 0.663. The lowest BCUT2D eigenvalue weighted by Gasteiger charge is -2.10. The molecule has 1 aliphatic rings. The summed E-state index contributed by atoms with van der Waals surface area (Å²) in [6.45, 7) is 2.67. The summed E-state index contributed by atoms with van der Waals surface area (Å²) < 4.78 is 10.7. The van der Waals surface area contributed by atoms with Crippen LogP contribution >= 0.6 is 0 Å². The van der Waals surface area contributed by atoms with Crippen molar-refractivity contribution in [1.82, 2.24) is 0 Å². The summed E-state index contributed by atoms with van der Waals surface area (Å²) in [4.78, 5) is 0. The van der Waals surface area contributed by atoms with Crippen molar-refractivity contribution in [2.45, 2.75) is 19.3 Å². The van der Waals surface area contributed by atoms with Crippen molar-refractivity contribution >= 4 is 11.4 Å². The van der Waals surface area contributed by atoms with Crippen molar-refractivity contribution in [3.8, 4) is 5.75 Å². The molecule has 0 aromatic heterocycles. The molecule has 0 saturated heterocycles. The van der Waals surface area contributed by atoms with E-state index in [0.717, 1.165) is 37.8 Å². The molecule has 4 nitrogen and oxygen atoms in total. The average Bonchev–Trinajstić information content (AvgIpc) is 3.19. The largest absolute Gasteiger partial charge is 0.495 e. The minimum absolute atomic E-state index is 0.663. The third-order valence-electron chi connectivity index (χ3n) is 3.08. The van der Waals surface area contributed by atoms with Crippen LogP contribution in [0.2, 0.25) is 0 Å². The van der Waals surface area contributed by atoms with Gasteiger partial charge in [0.15, 0.2) is 0 Å². The molecule has 4 heteroatoms. The van der Waals surface area contributed by atoms with Crippen LogP contribution in [0, 0.1) is 5.92 Å². The van der Waals surface area contributed by atoms with E-state index in [1.165, 1.54) is 12.8 Å². The Bertz CT molecular complexity index is 378. The maximum Gasteiger partial charge on any atom is 0.143 e. The number of ether oxygens (including phenoxy) is 2. The molecule has 0 amide bonds. The van der Waals surface area contributed by atoms with Gasteiger partial charge in [0.2, 0.25) is 0 Å². The fraction of sp³-hybridized carbons (Fsp3) is 0.571. The second-order valence-electron chi connectivity index (χ2n) is 4.76. The number of rotatable bonds is 8. The van der Waals surface area contributed by atoms with E-state index in [2.05, 4.69) is 5.32 Å². The molecule has 1 aromatic rings. The zero-order valence-corrected chi connectivity index (χ0v) is 10.9. The van der Waals surface area contributed by atoms with E-state index in [1.54, 1.807) is 7.11 Å². The van der Waals surface area contributed by atoms with Gasteiger partial charge in [0.25, 0.3) is 0 Å². The Morgan fingerprint density at radius 3 is 2.94 bits per heavy atom. The van der Waals surface area contributed by atoms with Gasteiger partial charge in [0, 0.05) is 31.5 Å². The van der Waals surface area contributed by atoms with Crippen molar-refractivity contribution in [2.24, 2.45) is 5.92 Å². The topological polar surface area (TPSA) is 56.5 Å². The lowest BCUT2D eigenvalue weighted by atomic mass is 10.2. The Kier molecular flexibility index (Phi) is 4.70. The van der Waals surface area contributed by atoms with Gasteiger partial charge in [0.1, 0.15) is 5.75 Å². The fourth-order valence-electron chi connectivity index (χ4n) is 1.76. The Balaban J connectivity index is 1.62. The number of hydrogen-bond donors (Lipinski definition) is 2. The minimum Gasteiger partial charge on any atom is -0.495 e. The van der Waals surface area contributed by atoms with Gasteiger partial charge >= 0.3 is 0 Å². The number of anilines is 2. The first-order valence-corrected chi connectivity index (χ1v) is 6.54. The summed E-state index contributed by atoms with van der Waals surface area (Å²) in [5.74, 6) is 1.56. The maximum absolute atomic E-state index is 5.76. The van der Waals surface area contributed by atoms with Gasteiger partial charge in [-0.05, 0) is 37.3 Å². The van der Waals surface area contributed by atoms with Crippen LogP contribution in [0.4, 0.5) is 11.4 Å². The normalized spacial score (nSPS) is 14.5. The molecule has 0 atom stereocenters. The predicted octanol–water partition coefficient (Wildman–Crippen LogP) is 2.51. The summed E-state index contributed by atoms with van der Waals surface area (Å²) in [7, 11) is 1.63. The highest BCUT2D eigenvalue weighted by Crippen LogP contribution is 2.28. The Labute approximate surface area is 108 Å². The van der Waals surface area contributed by atoms with Crippen LogP contribution < -0.4 is 15.8 Å². The van der Waals surface area contributed by atoms with Crippen molar-refractivity contribution in [3.05, 3.63) is 18.2 Å². The molecule has 1 saturated carbocycles. The Morgan fingerprint density at radius 1 is 1.39 bits per heavy atom. The van der Waals surface area contributed by atoms with E-state index in [9.17, 15) is 0 Å². The van der Waals surface area contributed by atoms with Gasteiger partial charge in [-0.15, -0.1) is 0 Å². The Hall–Kier alpha value is -1.42. The van der Waals surface area contributed by atoms with Crippen LogP contribution in [0.3, 0.4) is 0 Å². The molecule has 0 unspecified atom stereocenters. The number of nitrogens with two attached hydrogens (primary N) is 1. The lowest BCUT2D eigenvalue weighted by molar-refractivity contribution is 0.124. The first-order chi connectivity index (χ1) is 8.79. The third kappa shape index (κ3) is 4.11. The summed E-state index contributed by atoms with van der Waals surface area (Å²) in [6.07, 6.45) is 3.71. The van der Waals surface area contributed by atoms with Crippen LogP contribution in [-0.2, 0) is 4.74 Å². The van der Waals surface area contributed by atoms with E-state index >= 15 is 0 Å². The van der Waals surface area contributed by atoms with Gasteiger partial charge in [-0.2, -0.15) is 0 Å². The average molecular weight is 250 g/mol. The van der Waals surface area contributed by atoms with Crippen LogP contribution in [0.1, 0.15) is 19.3 Å². The molecule has 1 aliphatic carbocycles. The molecule has 0 radical (unpaired) electrons. The third-order valence-corrected chi connectivity index (χ3v) is 3.08. The maximum atomic E-state index is 5.76. The summed E-state index contributed by atoms with van der Waals surface area (Å²) in [5, 5.41) is 3.33. The Morgan fingerprint density at radius 2 is 2.22 bits per heavy atom. The summed E-state index contributed by atoms with van der Waals surface area (Å²) >= 11 is 0. The monoisotopic (exact) mass is 250 g/mol. The molecule has 100 valence electrons. The highest BCUT2D eigenvalue weighted by Gasteiger charge is 2.20. The molecule has 0 heterocycles. The number of nitrogen functional groups attached to an aromatic ring is 1. The quantitative estimate of drug-likeness (QED) is 0.550. The zero-order valence-electron chi connectivity index (χ0n) is 10.9. The van der Waals surface area contributed by atoms with Gasteiger partial charge in [-0.3, -0.25) is 0 Å². The van der Waals surface area contributed by atoms with Crippen molar-refractivity contribution in [1.29, 1.82) is 0 Å². The smallest absolute Gasteiger partial charge is 0.143 e. The van der Waals surface area contributed by atoms with Crippen LogP contribution in [0.5, 0.6) is 5.75 Å². The highest BCUT2D eigenvalue weighted by atomic mass is 16.5. The zero-order chi connectivity index (χ0) is 12.8. The van der Waals surface area contributed by atoms with Gasteiger partial charge in [0.05, 0.1) is 12.8 Å². The van der Waals surface area contributed by atoms with E-state index in [-0.39, 0.29) is 0 Å². The van der Waals surface area contributed by atoms with Gasteiger partial charge in [-0.25, -0.2) is 0 Å². The predicted molar refractivity (Wildman–Crippen MR) is 74.1 cm³/mol. The molecular formula is C14H22N2O2. The standard InChI is InChI=1S/C14H22N2O2/c1-17-14-9-12(5-6-13(14)15)16-7-2-8-18-10-11-3-4-11/h5-6,9,11,16H,2-4,7-8,10,15H2,1H3. The first kappa shape index (κ1) is 13.0. The molecule has 1 fully saturated rings. The van der Waals surface area contributed by atoms with Gasteiger partial charge < -0.3 is 20.5 Å². The van der Waals surface area contributed by atoms with Crippen LogP contribution in [-0.4, -0.2) is 26.9 Å². The first-order valence-electron chi connectivity index (χ1n) is 6.54. The molecule has 0 spiro atoms. The van der Waals surface area contributed by atoms with Crippen molar-refractivity contribution in [3.63, 3.8) is 0 Å². The molecule has 0 bridgehead atoms. The number of benzene rings is 1. The molecule has 2 rings (SSSR count). The fourth-order valence-corrected chi connectivity index (χ4v) is 1.76. The second-order valence-corrected chi connectivity index (χ2v) is 4.76. The van der Waals surface area contributed by atoms with Crippen molar-refractivity contribution in [2.75, 3.05) is 37.9 Å². The summed E-state index contributed by atoms with van der Waals surface area (Å²) in [5.41, 5.74) is 7.45. The van der Waals surface area contributed by atoms with Crippen LogP contribution in [0.15, 0.2) is 18.2 Å². The van der Waals surface area contributed by atoms with Crippen molar-refractivity contribution < 1.29 is 9.47 Å². The molecule has 1 aromatic carbocycles. The molecule has 0 aliphatic heterocycles. The van der Waals surface area contributed by atoms with E-state index in [4.69, 9.17) is 15.2 Å². The molecular weight excluding hydrogens is 228 g/mol. The molecule has 3 N–H and O–H groups in total. The van der Waals surface area contributed by atoms with Crippen LogP contribution in [0.25, 0.3) is 0 Å². The second kappa shape index (κ2) is 6.50. The lowest BCUT2D eigenvalue weighted by Crippen LogP contribution is -2.07. The van der Waals surface area contributed by atoms with E-state index < -0.39 is 0 Å². The van der Waals surface area contributed by atoms with E-state index in [0.29, 0.717) is 11.4 Å². The molecule has 18 heavy (non-hydrogen) atoms. The number of hydrogen-bond acceptors (Lipinski definition) is 4. The highest BCUT2D eigenvalue weighted by molar-refractivity contribution is 5.61. The SMILES string of the molecule is COc1cc(NCCCOCC2CC2)ccc1N. The number of nitrogens with one attached hydrogen (secondary N) is 1. The summed E-state index contributed by atoms with van der Waals surface area (Å²) in [6, 6.07) is 5.73. The number of methoxy groups -OCH3 is 1. The van der Waals surface area contributed by atoms with Gasteiger partial charge in [-0.1, -0.05) is 0 Å².